The van der Waals surface area contributed by atoms with Gasteiger partial charge < -0.3 is 25.5 Å². The van der Waals surface area contributed by atoms with Gasteiger partial charge in [-0.3, -0.25) is 9.59 Å². The number of piperidine rings is 1. The zero-order chi connectivity index (χ0) is 26.5. The topological polar surface area (TPSA) is 122 Å². The van der Waals surface area contributed by atoms with Gasteiger partial charge in [-0.2, -0.15) is 0 Å². The molecule has 5 rings (SSSR count). The van der Waals surface area contributed by atoms with Crippen LogP contribution in [0.25, 0.3) is 11.0 Å². The number of anilines is 1. The first-order valence-corrected chi connectivity index (χ1v) is 11.9. The van der Waals surface area contributed by atoms with Crippen LogP contribution in [-0.2, 0) is 17.6 Å². The smallest absolute Gasteiger partial charge is 0.481 e. The number of aryl methyl sites for hydroxylation is 1. The maximum Gasteiger partial charge on any atom is 0.573 e. The quantitative estimate of drug-likeness (QED) is 0.347. The minimum absolute atomic E-state index is 0.0601. The number of amides is 1. The van der Waals surface area contributed by atoms with E-state index in [0.717, 1.165) is 29.6 Å². The van der Waals surface area contributed by atoms with Crippen LogP contribution in [0.3, 0.4) is 0 Å². The lowest BCUT2D eigenvalue weighted by atomic mass is 9.82. The molecule has 0 bridgehead atoms. The van der Waals surface area contributed by atoms with E-state index in [4.69, 9.17) is 5.73 Å². The van der Waals surface area contributed by atoms with E-state index >= 15 is 4.39 Å². The van der Waals surface area contributed by atoms with Crippen LogP contribution in [0, 0.1) is 11.7 Å². The number of halogens is 4. The van der Waals surface area contributed by atoms with Gasteiger partial charge in [0, 0.05) is 41.5 Å². The molecule has 0 spiro atoms. The highest BCUT2D eigenvalue weighted by Gasteiger charge is 2.34. The number of nitrogens with two attached hydrogens (primary N) is 1. The number of carboxylic acids is 1. The third kappa shape index (κ3) is 4.79. The Balaban J connectivity index is 1.35. The molecule has 1 saturated heterocycles. The second-order valence-electron chi connectivity index (χ2n) is 9.47. The third-order valence-electron chi connectivity index (χ3n) is 7.23. The number of alkyl halides is 3. The van der Waals surface area contributed by atoms with Crippen molar-refractivity contribution in [2.24, 2.45) is 5.92 Å². The highest BCUT2D eigenvalue weighted by molar-refractivity contribution is 5.99. The number of nitrogen functional groups attached to an aromatic ring is 1. The van der Waals surface area contributed by atoms with Crippen LogP contribution in [0.2, 0.25) is 0 Å². The van der Waals surface area contributed by atoms with E-state index < -0.39 is 35.7 Å². The molecule has 1 atom stereocenters. The molecule has 1 aliphatic heterocycles. The van der Waals surface area contributed by atoms with Crippen molar-refractivity contribution in [2.45, 2.75) is 44.4 Å². The number of fused-ring (bicyclic) bond motifs is 3. The van der Waals surface area contributed by atoms with E-state index in [1.165, 1.54) is 11.0 Å². The molecule has 1 aliphatic carbocycles. The Hall–Kier alpha value is -3.83. The predicted octanol–water partition coefficient (Wildman–Crippen LogP) is 4.39. The van der Waals surface area contributed by atoms with Gasteiger partial charge in [0.05, 0.1) is 17.7 Å². The SMILES string of the molecule is Nc1cc(OC(F)(F)F)ccc1C(=O)N1CCC(c2c(F)cnc3[nH]c4c(c23)CC(C(=O)O)CC4)CC1. The summed E-state index contributed by atoms with van der Waals surface area (Å²) >= 11 is 0. The first-order chi connectivity index (χ1) is 17.5. The number of aromatic amines is 1. The average Bonchev–Trinajstić information content (AvgIpc) is 3.21. The molecule has 0 saturated carbocycles. The highest BCUT2D eigenvalue weighted by atomic mass is 19.4. The van der Waals surface area contributed by atoms with Gasteiger partial charge in [-0.25, -0.2) is 9.37 Å². The summed E-state index contributed by atoms with van der Waals surface area (Å²) in [5, 5.41) is 10.1. The minimum Gasteiger partial charge on any atom is -0.481 e. The lowest BCUT2D eigenvalue weighted by molar-refractivity contribution is -0.274. The second-order valence-corrected chi connectivity index (χ2v) is 9.47. The molecule has 4 N–H and O–H groups in total. The number of rotatable bonds is 4. The molecule has 8 nitrogen and oxygen atoms in total. The number of nitrogens with one attached hydrogen (secondary N) is 1. The zero-order valence-electron chi connectivity index (χ0n) is 19.6. The number of H-pyrrole nitrogens is 1. The van der Waals surface area contributed by atoms with Crippen LogP contribution >= 0.6 is 0 Å². The lowest BCUT2D eigenvalue weighted by Gasteiger charge is -2.33. The fourth-order valence-corrected chi connectivity index (χ4v) is 5.46. The highest BCUT2D eigenvalue weighted by Crippen LogP contribution is 2.40. The van der Waals surface area contributed by atoms with E-state index in [9.17, 15) is 27.9 Å². The van der Waals surface area contributed by atoms with Crippen molar-refractivity contribution in [2.75, 3.05) is 18.8 Å². The van der Waals surface area contributed by atoms with E-state index in [1.807, 2.05) is 0 Å². The summed E-state index contributed by atoms with van der Waals surface area (Å²) in [6.45, 7) is 0.578. The van der Waals surface area contributed by atoms with Gasteiger partial charge in [0.1, 0.15) is 17.2 Å². The first kappa shape index (κ1) is 24.8. The van der Waals surface area contributed by atoms with Gasteiger partial charge in [0.15, 0.2) is 0 Å². The Morgan fingerprint density at radius 3 is 2.57 bits per heavy atom. The van der Waals surface area contributed by atoms with Gasteiger partial charge >= 0.3 is 12.3 Å². The van der Waals surface area contributed by atoms with Crippen LogP contribution < -0.4 is 10.5 Å². The zero-order valence-corrected chi connectivity index (χ0v) is 19.6. The number of ether oxygens (including phenoxy) is 1. The molecule has 1 unspecified atom stereocenters. The summed E-state index contributed by atoms with van der Waals surface area (Å²) in [6, 6.07) is 3.18. The molecule has 1 fully saturated rings. The second kappa shape index (κ2) is 9.24. The molecule has 1 amide bonds. The number of nitrogens with zero attached hydrogens (tertiary/aromatic N) is 2. The van der Waals surface area contributed by atoms with Gasteiger partial charge in [-0.05, 0) is 55.7 Å². The Morgan fingerprint density at radius 2 is 1.92 bits per heavy atom. The molecule has 37 heavy (non-hydrogen) atoms. The number of aromatic nitrogens is 2. The molecule has 196 valence electrons. The Kier molecular flexibility index (Phi) is 6.20. The number of hydrogen-bond acceptors (Lipinski definition) is 5. The van der Waals surface area contributed by atoms with Gasteiger partial charge in [-0.15, -0.1) is 13.2 Å². The van der Waals surface area contributed by atoms with Crippen molar-refractivity contribution in [3.63, 3.8) is 0 Å². The fourth-order valence-electron chi connectivity index (χ4n) is 5.46. The lowest BCUT2D eigenvalue weighted by Crippen LogP contribution is -2.38. The van der Waals surface area contributed by atoms with Crippen LogP contribution in [-0.4, -0.2) is 51.3 Å². The Bertz CT molecular complexity index is 1380. The van der Waals surface area contributed by atoms with Crippen molar-refractivity contribution in [3.8, 4) is 5.75 Å². The maximum absolute atomic E-state index is 15.2. The summed E-state index contributed by atoms with van der Waals surface area (Å²) in [4.78, 5) is 33.6. The predicted molar refractivity (Wildman–Crippen MR) is 125 cm³/mol. The summed E-state index contributed by atoms with van der Waals surface area (Å²) < 4.78 is 56.4. The van der Waals surface area contributed by atoms with Gasteiger partial charge in [-0.1, -0.05) is 0 Å². The summed E-state index contributed by atoms with van der Waals surface area (Å²) in [7, 11) is 0. The number of carboxylic acid groups (broad SMARTS) is 1. The minimum atomic E-state index is -4.87. The molecule has 0 radical (unpaired) electrons. The number of aliphatic carboxylic acids is 1. The average molecular weight is 520 g/mol. The van der Waals surface area contributed by atoms with Crippen LogP contribution in [0.15, 0.2) is 24.4 Å². The van der Waals surface area contributed by atoms with E-state index in [-0.39, 0.29) is 30.3 Å². The maximum atomic E-state index is 15.2. The third-order valence-corrected chi connectivity index (χ3v) is 7.23. The summed E-state index contributed by atoms with van der Waals surface area (Å²) in [5.74, 6) is -3.06. The monoisotopic (exact) mass is 520 g/mol. The number of carbonyl (C=O) groups is 2. The van der Waals surface area contributed by atoms with Crippen molar-refractivity contribution >= 4 is 28.6 Å². The van der Waals surface area contributed by atoms with Crippen molar-refractivity contribution in [3.05, 3.63) is 52.6 Å². The number of hydrogen-bond donors (Lipinski definition) is 3. The number of likely N-dealkylation sites (tertiary alicyclic amines) is 1. The number of carbonyl (C=O) groups excluding carboxylic acids is 1. The van der Waals surface area contributed by atoms with Crippen molar-refractivity contribution in [1.82, 2.24) is 14.9 Å². The molecular weight excluding hydrogens is 496 g/mol. The van der Waals surface area contributed by atoms with E-state index in [0.29, 0.717) is 48.7 Å². The van der Waals surface area contributed by atoms with Crippen LogP contribution in [0.1, 0.15) is 52.4 Å². The molecule has 3 aromatic rings. The summed E-state index contributed by atoms with van der Waals surface area (Å²) in [5.41, 5.74) is 8.45. The van der Waals surface area contributed by atoms with Crippen molar-refractivity contribution in [1.29, 1.82) is 0 Å². The van der Waals surface area contributed by atoms with E-state index in [2.05, 4.69) is 14.7 Å². The standard InChI is InChI=1S/C25H24F4N4O4/c26-17-11-31-22-21(16-9-13(24(35)36)1-4-19(16)32-22)20(17)12-5-7-33(8-6-12)23(34)15-3-2-14(10-18(15)30)37-25(27,28)29/h2-3,10-13H,1,4-9,30H2,(H,31,32)(H,35,36). The van der Waals surface area contributed by atoms with Gasteiger partial charge in [0.2, 0.25) is 0 Å². The van der Waals surface area contributed by atoms with Crippen LogP contribution in [0.5, 0.6) is 5.75 Å². The molecule has 3 heterocycles. The fraction of sp³-hybridized carbons (Fsp3) is 0.400. The first-order valence-electron chi connectivity index (χ1n) is 11.9. The molecule has 1 aromatic carbocycles. The number of benzene rings is 1. The van der Waals surface area contributed by atoms with Crippen LogP contribution in [0.4, 0.5) is 23.2 Å². The summed E-state index contributed by atoms with van der Waals surface area (Å²) in [6.07, 6.45) is -1.48. The normalized spacial score (nSPS) is 18.6. The van der Waals surface area contributed by atoms with Crippen molar-refractivity contribution < 1.29 is 37.0 Å². The Labute approximate surface area is 208 Å². The largest absolute Gasteiger partial charge is 0.573 e. The molecular formula is C25H24F4N4O4. The van der Waals surface area contributed by atoms with Gasteiger partial charge in [0.25, 0.3) is 5.91 Å². The number of pyridine rings is 1. The molecule has 2 aliphatic rings. The Morgan fingerprint density at radius 1 is 1.19 bits per heavy atom. The molecule has 2 aromatic heterocycles. The van der Waals surface area contributed by atoms with E-state index in [1.54, 1.807) is 0 Å². The molecule has 12 heteroatoms.